The van der Waals surface area contributed by atoms with Gasteiger partial charge < -0.3 is 14.2 Å². The molecule has 446 valence electrons. The summed E-state index contributed by atoms with van der Waals surface area (Å²) in [5.41, 5.74) is 0. The van der Waals surface area contributed by atoms with Crippen molar-refractivity contribution in [3.8, 4) is 0 Å². The Bertz CT molecular complexity index is 1890. The zero-order valence-corrected chi connectivity index (χ0v) is 51.0. The molecule has 6 nitrogen and oxygen atoms in total. The Hall–Kier alpha value is -5.49. The number of hydrogen-bond donors (Lipinski definition) is 0. The molecular formula is C74H114O6. The highest BCUT2D eigenvalue weighted by atomic mass is 16.6. The number of unbranched alkanes of at least 4 members (excludes halogenated alkanes) is 14. The van der Waals surface area contributed by atoms with Gasteiger partial charge in [-0.25, -0.2) is 0 Å². The standard InChI is InChI=1S/C74H114O6/c1-4-7-10-13-16-18-20-22-24-26-28-30-32-34-35-36-37-38-39-41-42-44-46-48-50-52-54-56-58-61-64-67-73(76)79-70-71(69-78-72(75)66-63-60-15-12-9-6-3)80-74(77)68-65-62-59-57-55-53-51-49-47-45-43-40-33-31-29-27-25-23-21-19-17-14-11-8-5-2/h7-8,10-11,16-19,22-25,28-31,34-35,37-38,40-43,46-49,52,54,71H,4-6,9,12-15,20-21,26-27,32-33,36,39,44-45,50-51,53,55-70H2,1-3H3/b10-7-,11-8-,18-16-,19-17-,24-22-,25-23-,30-28-,31-29-,35-34-,38-37-,42-41-,43-40-,48-46-,49-47-,54-52-. The highest BCUT2D eigenvalue weighted by Gasteiger charge is 2.19. The molecule has 0 aliphatic heterocycles. The predicted molar refractivity (Wildman–Crippen MR) is 348 cm³/mol. The van der Waals surface area contributed by atoms with Crippen molar-refractivity contribution in [1.82, 2.24) is 0 Å². The zero-order chi connectivity index (χ0) is 57.8. The average molecular weight is 1100 g/mol. The Morgan fingerprint density at radius 1 is 0.263 bits per heavy atom. The lowest BCUT2D eigenvalue weighted by Gasteiger charge is -2.18. The number of ether oxygens (including phenoxy) is 3. The SMILES string of the molecule is CC/C=C\C/C=C\C/C=C\C/C=C\C/C=C\C/C=C\C/C=C\C/C=C\C/C=C\CCCCCC(=O)OCC(COC(=O)CCCCCCCC)OC(=O)CCCCCCCC/C=C\C/C=C\C/C=C\C/C=C\C/C=C\C/C=C\CC. The molecule has 0 fully saturated rings. The van der Waals surface area contributed by atoms with Crippen molar-refractivity contribution in [1.29, 1.82) is 0 Å². The van der Waals surface area contributed by atoms with E-state index in [1.807, 2.05) is 0 Å². The number of carbonyl (C=O) groups excluding carboxylic acids is 3. The van der Waals surface area contributed by atoms with Crippen LogP contribution in [-0.2, 0) is 28.6 Å². The highest BCUT2D eigenvalue weighted by Crippen LogP contribution is 2.13. The summed E-state index contributed by atoms with van der Waals surface area (Å²) in [6.45, 7) is 6.29. The van der Waals surface area contributed by atoms with Crippen LogP contribution in [0.3, 0.4) is 0 Å². The van der Waals surface area contributed by atoms with E-state index < -0.39 is 6.10 Å². The Morgan fingerprint density at radius 3 is 0.775 bits per heavy atom. The van der Waals surface area contributed by atoms with Crippen LogP contribution >= 0.6 is 0 Å². The molecule has 80 heavy (non-hydrogen) atoms. The number of carbonyl (C=O) groups is 3. The van der Waals surface area contributed by atoms with Gasteiger partial charge in [0.2, 0.25) is 0 Å². The van der Waals surface area contributed by atoms with E-state index in [0.29, 0.717) is 19.3 Å². The Morgan fingerprint density at radius 2 is 0.487 bits per heavy atom. The molecular weight excluding hydrogens is 985 g/mol. The van der Waals surface area contributed by atoms with Gasteiger partial charge in [0.05, 0.1) is 0 Å². The fraction of sp³-hybridized carbons (Fsp3) is 0.554. The monoisotopic (exact) mass is 1100 g/mol. The average Bonchev–Trinajstić information content (AvgIpc) is 3.46. The van der Waals surface area contributed by atoms with Gasteiger partial charge in [0.15, 0.2) is 6.10 Å². The van der Waals surface area contributed by atoms with Gasteiger partial charge in [-0.1, -0.05) is 267 Å². The van der Waals surface area contributed by atoms with E-state index in [1.165, 1.54) is 32.1 Å². The molecule has 0 amide bonds. The summed E-state index contributed by atoms with van der Waals surface area (Å²) < 4.78 is 16.8. The maximum Gasteiger partial charge on any atom is 0.306 e. The molecule has 0 bridgehead atoms. The van der Waals surface area contributed by atoms with Gasteiger partial charge in [0, 0.05) is 19.3 Å². The van der Waals surface area contributed by atoms with Gasteiger partial charge in [0.25, 0.3) is 0 Å². The Balaban J connectivity index is 4.27. The molecule has 0 aromatic carbocycles. The van der Waals surface area contributed by atoms with Crippen LogP contribution in [0, 0.1) is 0 Å². The Kier molecular flexibility index (Phi) is 61.5. The maximum atomic E-state index is 12.8. The van der Waals surface area contributed by atoms with Crippen LogP contribution < -0.4 is 0 Å². The molecule has 0 aliphatic carbocycles. The van der Waals surface area contributed by atoms with Crippen LogP contribution in [0.15, 0.2) is 182 Å². The first kappa shape index (κ1) is 74.5. The van der Waals surface area contributed by atoms with Crippen LogP contribution in [0.25, 0.3) is 0 Å². The summed E-state index contributed by atoms with van der Waals surface area (Å²) in [6, 6.07) is 0. The second-order valence-corrected chi connectivity index (χ2v) is 20.2. The van der Waals surface area contributed by atoms with Crippen molar-refractivity contribution in [2.75, 3.05) is 13.2 Å². The van der Waals surface area contributed by atoms with E-state index in [1.54, 1.807) is 0 Å². The van der Waals surface area contributed by atoms with Gasteiger partial charge >= 0.3 is 17.9 Å². The smallest absolute Gasteiger partial charge is 0.306 e. The maximum absolute atomic E-state index is 12.8. The minimum atomic E-state index is -0.808. The quantitative estimate of drug-likeness (QED) is 0.0261. The molecule has 0 radical (unpaired) electrons. The predicted octanol–water partition coefficient (Wildman–Crippen LogP) is 22.0. The van der Waals surface area contributed by atoms with Crippen molar-refractivity contribution < 1.29 is 28.6 Å². The molecule has 0 aliphatic rings. The van der Waals surface area contributed by atoms with Crippen molar-refractivity contribution in [2.45, 2.75) is 252 Å². The first-order valence-corrected chi connectivity index (χ1v) is 31.8. The summed E-state index contributed by atoms with van der Waals surface area (Å²) in [4.78, 5) is 38.0. The van der Waals surface area contributed by atoms with Crippen LogP contribution in [0.4, 0.5) is 0 Å². The van der Waals surface area contributed by atoms with Crippen molar-refractivity contribution in [3.05, 3.63) is 182 Å². The lowest BCUT2D eigenvalue weighted by atomic mass is 10.1. The van der Waals surface area contributed by atoms with Crippen LogP contribution in [0.5, 0.6) is 0 Å². The fourth-order valence-electron chi connectivity index (χ4n) is 7.97. The number of hydrogen-bond acceptors (Lipinski definition) is 6. The topological polar surface area (TPSA) is 78.9 Å². The van der Waals surface area contributed by atoms with Crippen molar-refractivity contribution in [3.63, 3.8) is 0 Å². The van der Waals surface area contributed by atoms with Gasteiger partial charge in [-0.3, -0.25) is 14.4 Å². The third-order valence-electron chi connectivity index (χ3n) is 12.7. The van der Waals surface area contributed by atoms with E-state index in [-0.39, 0.29) is 31.1 Å². The molecule has 0 heterocycles. The highest BCUT2D eigenvalue weighted by molar-refractivity contribution is 5.71. The van der Waals surface area contributed by atoms with E-state index in [0.717, 1.165) is 173 Å². The molecule has 6 heteroatoms. The molecule has 1 atom stereocenters. The van der Waals surface area contributed by atoms with Crippen molar-refractivity contribution >= 4 is 17.9 Å². The summed E-state index contributed by atoms with van der Waals surface area (Å²) in [5.74, 6) is -0.972. The lowest BCUT2D eigenvalue weighted by Crippen LogP contribution is -2.30. The molecule has 0 aromatic heterocycles. The second kappa shape index (κ2) is 66.0. The molecule has 0 spiro atoms. The first-order valence-electron chi connectivity index (χ1n) is 31.8. The first-order chi connectivity index (χ1) is 39.5. The molecule has 0 aromatic rings. The summed E-state index contributed by atoms with van der Waals surface area (Å²) in [6.07, 6.45) is 99.3. The molecule has 0 saturated carbocycles. The fourth-order valence-corrected chi connectivity index (χ4v) is 7.97. The van der Waals surface area contributed by atoms with E-state index in [9.17, 15) is 14.4 Å². The van der Waals surface area contributed by atoms with Crippen LogP contribution in [0.1, 0.15) is 245 Å². The van der Waals surface area contributed by atoms with Crippen LogP contribution in [0.2, 0.25) is 0 Å². The third kappa shape index (κ3) is 63.3. The molecule has 1 unspecified atom stereocenters. The third-order valence-corrected chi connectivity index (χ3v) is 12.7. The Labute approximate surface area is 491 Å². The van der Waals surface area contributed by atoms with Gasteiger partial charge in [0.1, 0.15) is 13.2 Å². The lowest BCUT2D eigenvalue weighted by molar-refractivity contribution is -0.167. The number of rotatable bonds is 55. The largest absolute Gasteiger partial charge is 0.462 e. The summed E-state index contributed by atoms with van der Waals surface area (Å²) >= 11 is 0. The van der Waals surface area contributed by atoms with Crippen molar-refractivity contribution in [2.24, 2.45) is 0 Å². The van der Waals surface area contributed by atoms with E-state index in [4.69, 9.17) is 14.2 Å². The molecule has 0 rings (SSSR count). The number of allylic oxidation sites excluding steroid dienone is 30. The second-order valence-electron chi connectivity index (χ2n) is 20.2. The zero-order valence-electron chi connectivity index (χ0n) is 51.0. The summed E-state index contributed by atoms with van der Waals surface area (Å²) in [5, 5.41) is 0. The van der Waals surface area contributed by atoms with E-state index >= 15 is 0 Å². The molecule has 0 saturated heterocycles. The normalized spacial score (nSPS) is 13.4. The number of esters is 3. The van der Waals surface area contributed by atoms with Crippen LogP contribution in [-0.4, -0.2) is 37.2 Å². The van der Waals surface area contributed by atoms with Gasteiger partial charge in [-0.05, 0) is 141 Å². The van der Waals surface area contributed by atoms with E-state index in [2.05, 4.69) is 203 Å². The van der Waals surface area contributed by atoms with Gasteiger partial charge in [-0.15, -0.1) is 0 Å². The molecule has 0 N–H and O–H groups in total. The minimum Gasteiger partial charge on any atom is -0.462 e. The minimum absolute atomic E-state index is 0.103. The summed E-state index contributed by atoms with van der Waals surface area (Å²) in [7, 11) is 0. The van der Waals surface area contributed by atoms with Gasteiger partial charge in [-0.2, -0.15) is 0 Å².